The topological polar surface area (TPSA) is 22.1 Å². The molecule has 1 heterocycles. The van der Waals surface area contributed by atoms with E-state index in [1.807, 2.05) is 13.1 Å². The van der Waals surface area contributed by atoms with Gasteiger partial charge < -0.3 is 4.74 Å². The van der Waals surface area contributed by atoms with Crippen LogP contribution in [0.25, 0.3) is 0 Å². The molecular formula is C11H15NO. The van der Waals surface area contributed by atoms with Crippen LogP contribution in [-0.2, 0) is 6.42 Å². The number of hydrogen-bond donors (Lipinski definition) is 0. The van der Waals surface area contributed by atoms with Crippen molar-refractivity contribution in [2.24, 2.45) is 0 Å². The zero-order chi connectivity index (χ0) is 9.26. The van der Waals surface area contributed by atoms with Gasteiger partial charge in [-0.2, -0.15) is 0 Å². The summed E-state index contributed by atoms with van der Waals surface area (Å²) in [7, 11) is 0. The molecule has 0 bridgehead atoms. The quantitative estimate of drug-likeness (QED) is 0.707. The SMILES string of the molecule is CCc1cc(C)ncc1OC1CC1. The van der Waals surface area contributed by atoms with Crippen LogP contribution < -0.4 is 4.74 Å². The molecule has 0 saturated heterocycles. The maximum absolute atomic E-state index is 5.74. The number of aromatic nitrogens is 1. The Morgan fingerprint density at radius 2 is 2.31 bits per heavy atom. The first-order valence-corrected chi connectivity index (χ1v) is 4.91. The molecule has 2 heteroatoms. The molecule has 1 aromatic rings. The third kappa shape index (κ3) is 2.00. The summed E-state index contributed by atoms with van der Waals surface area (Å²) in [4.78, 5) is 4.24. The van der Waals surface area contributed by atoms with Crippen LogP contribution in [0.1, 0.15) is 31.0 Å². The van der Waals surface area contributed by atoms with Gasteiger partial charge in [-0.15, -0.1) is 0 Å². The molecule has 2 nitrogen and oxygen atoms in total. The van der Waals surface area contributed by atoms with E-state index in [0.717, 1.165) is 17.9 Å². The maximum Gasteiger partial charge on any atom is 0.141 e. The highest BCUT2D eigenvalue weighted by molar-refractivity contribution is 5.32. The summed E-state index contributed by atoms with van der Waals surface area (Å²) in [5.74, 6) is 0.982. The normalized spacial score (nSPS) is 15.8. The zero-order valence-electron chi connectivity index (χ0n) is 8.21. The van der Waals surface area contributed by atoms with E-state index in [0.29, 0.717) is 6.10 Å². The van der Waals surface area contributed by atoms with Crippen molar-refractivity contribution in [3.05, 3.63) is 23.5 Å². The van der Waals surface area contributed by atoms with Crippen LogP contribution >= 0.6 is 0 Å². The standard InChI is InChI=1S/C11H15NO/c1-3-9-6-8(2)12-7-11(9)13-10-4-5-10/h6-7,10H,3-5H2,1-2H3. The zero-order valence-corrected chi connectivity index (χ0v) is 8.21. The molecule has 13 heavy (non-hydrogen) atoms. The van der Waals surface area contributed by atoms with Gasteiger partial charge in [0.25, 0.3) is 0 Å². The molecule has 70 valence electrons. The average molecular weight is 177 g/mol. The molecule has 0 spiro atoms. The lowest BCUT2D eigenvalue weighted by atomic mass is 10.2. The third-order valence-electron chi connectivity index (χ3n) is 2.28. The van der Waals surface area contributed by atoms with Gasteiger partial charge in [-0.3, -0.25) is 4.98 Å². The molecule has 1 aliphatic carbocycles. The van der Waals surface area contributed by atoms with E-state index in [9.17, 15) is 0 Å². The molecule has 1 aliphatic rings. The first kappa shape index (κ1) is 8.54. The third-order valence-corrected chi connectivity index (χ3v) is 2.28. The van der Waals surface area contributed by atoms with Crippen molar-refractivity contribution >= 4 is 0 Å². The smallest absolute Gasteiger partial charge is 0.141 e. The van der Waals surface area contributed by atoms with Crippen molar-refractivity contribution in [1.82, 2.24) is 4.98 Å². The lowest BCUT2D eigenvalue weighted by Crippen LogP contribution is -2.00. The van der Waals surface area contributed by atoms with Gasteiger partial charge in [0, 0.05) is 5.69 Å². The van der Waals surface area contributed by atoms with Crippen molar-refractivity contribution in [3.8, 4) is 5.75 Å². The minimum absolute atomic E-state index is 0.467. The predicted octanol–water partition coefficient (Wildman–Crippen LogP) is 2.49. The van der Waals surface area contributed by atoms with Crippen LogP contribution in [0.4, 0.5) is 0 Å². The van der Waals surface area contributed by atoms with Gasteiger partial charge in [-0.05, 0) is 37.8 Å². The number of aryl methyl sites for hydroxylation is 2. The number of nitrogens with zero attached hydrogens (tertiary/aromatic N) is 1. The summed E-state index contributed by atoms with van der Waals surface area (Å²) in [6, 6.07) is 2.11. The molecule has 0 radical (unpaired) electrons. The van der Waals surface area contributed by atoms with Crippen molar-refractivity contribution in [1.29, 1.82) is 0 Å². The van der Waals surface area contributed by atoms with E-state index in [4.69, 9.17) is 4.74 Å². The highest BCUT2D eigenvalue weighted by Crippen LogP contribution is 2.29. The van der Waals surface area contributed by atoms with Gasteiger partial charge in [-0.25, -0.2) is 0 Å². The highest BCUT2D eigenvalue weighted by Gasteiger charge is 2.24. The molecule has 0 N–H and O–H groups in total. The van der Waals surface area contributed by atoms with Crippen molar-refractivity contribution in [2.75, 3.05) is 0 Å². The summed E-state index contributed by atoms with van der Waals surface area (Å²) < 4.78 is 5.74. The maximum atomic E-state index is 5.74. The number of hydrogen-bond acceptors (Lipinski definition) is 2. The molecule has 1 saturated carbocycles. The first-order chi connectivity index (χ1) is 6.29. The second-order valence-corrected chi connectivity index (χ2v) is 3.60. The highest BCUT2D eigenvalue weighted by atomic mass is 16.5. The van der Waals surface area contributed by atoms with Gasteiger partial charge in [-0.1, -0.05) is 6.92 Å². The van der Waals surface area contributed by atoms with Gasteiger partial charge in [0.2, 0.25) is 0 Å². The summed E-state index contributed by atoms with van der Waals surface area (Å²) in [5.41, 5.74) is 2.35. The molecular weight excluding hydrogens is 162 g/mol. The Morgan fingerprint density at radius 3 is 2.92 bits per heavy atom. The number of ether oxygens (including phenoxy) is 1. The molecule has 0 amide bonds. The molecule has 0 aromatic carbocycles. The molecule has 0 atom stereocenters. The summed E-state index contributed by atoms with van der Waals surface area (Å²) >= 11 is 0. The fraction of sp³-hybridized carbons (Fsp3) is 0.545. The van der Waals surface area contributed by atoms with Crippen LogP contribution in [0.15, 0.2) is 12.3 Å². The van der Waals surface area contributed by atoms with Gasteiger partial charge in [0.1, 0.15) is 5.75 Å². The predicted molar refractivity (Wildman–Crippen MR) is 52.0 cm³/mol. The number of rotatable bonds is 3. The molecule has 2 rings (SSSR count). The molecule has 0 unspecified atom stereocenters. The lowest BCUT2D eigenvalue weighted by molar-refractivity contribution is 0.299. The minimum Gasteiger partial charge on any atom is -0.489 e. The molecule has 0 aliphatic heterocycles. The number of pyridine rings is 1. The molecule has 1 aromatic heterocycles. The Balaban J connectivity index is 2.21. The fourth-order valence-electron chi connectivity index (χ4n) is 1.35. The largest absolute Gasteiger partial charge is 0.489 e. The summed E-state index contributed by atoms with van der Waals surface area (Å²) in [6.45, 7) is 4.16. The Labute approximate surface area is 78.9 Å². The van der Waals surface area contributed by atoms with Crippen molar-refractivity contribution in [2.45, 2.75) is 39.2 Å². The van der Waals surface area contributed by atoms with E-state index in [2.05, 4.69) is 18.0 Å². The first-order valence-electron chi connectivity index (χ1n) is 4.91. The van der Waals surface area contributed by atoms with Crippen LogP contribution in [0, 0.1) is 6.92 Å². The minimum atomic E-state index is 0.467. The van der Waals surface area contributed by atoms with Gasteiger partial charge in [0.15, 0.2) is 0 Å². The van der Waals surface area contributed by atoms with E-state index in [-0.39, 0.29) is 0 Å². The Morgan fingerprint density at radius 1 is 1.54 bits per heavy atom. The van der Waals surface area contributed by atoms with Crippen molar-refractivity contribution in [3.63, 3.8) is 0 Å². The van der Waals surface area contributed by atoms with Crippen LogP contribution in [-0.4, -0.2) is 11.1 Å². The summed E-state index contributed by atoms with van der Waals surface area (Å²) in [5, 5.41) is 0. The van der Waals surface area contributed by atoms with Crippen LogP contribution in [0.3, 0.4) is 0 Å². The van der Waals surface area contributed by atoms with Gasteiger partial charge >= 0.3 is 0 Å². The van der Waals surface area contributed by atoms with Crippen LogP contribution in [0.5, 0.6) is 5.75 Å². The fourth-order valence-corrected chi connectivity index (χ4v) is 1.35. The van der Waals surface area contributed by atoms with Crippen molar-refractivity contribution < 1.29 is 4.74 Å². The second kappa shape index (κ2) is 3.36. The summed E-state index contributed by atoms with van der Waals surface area (Å²) in [6.07, 6.45) is 5.75. The lowest BCUT2D eigenvalue weighted by Gasteiger charge is -2.09. The van der Waals surface area contributed by atoms with Crippen LogP contribution in [0.2, 0.25) is 0 Å². The van der Waals surface area contributed by atoms with E-state index < -0.39 is 0 Å². The Kier molecular flexibility index (Phi) is 2.21. The second-order valence-electron chi connectivity index (χ2n) is 3.60. The van der Waals surface area contributed by atoms with E-state index in [1.54, 1.807) is 0 Å². The Bertz CT molecular complexity index is 305. The monoisotopic (exact) mass is 177 g/mol. The average Bonchev–Trinajstić information content (AvgIpc) is 2.92. The Hall–Kier alpha value is -1.05. The molecule has 1 fully saturated rings. The van der Waals surface area contributed by atoms with Gasteiger partial charge in [0.05, 0.1) is 12.3 Å². The van der Waals surface area contributed by atoms with E-state index >= 15 is 0 Å². The van der Waals surface area contributed by atoms with E-state index in [1.165, 1.54) is 18.4 Å².